The zero-order chi connectivity index (χ0) is 18.2. The second kappa shape index (κ2) is 6.47. The Morgan fingerprint density at radius 2 is 2.12 bits per heavy atom. The Labute approximate surface area is 149 Å². The van der Waals surface area contributed by atoms with E-state index in [9.17, 15) is 9.59 Å². The number of carbonyl (C=O) groups is 2. The maximum Gasteiger partial charge on any atom is 0.311 e. The summed E-state index contributed by atoms with van der Waals surface area (Å²) < 4.78 is 10.2. The van der Waals surface area contributed by atoms with Crippen molar-refractivity contribution in [1.29, 1.82) is 0 Å². The fourth-order valence-electron chi connectivity index (χ4n) is 5.53. The first kappa shape index (κ1) is 18.0. The monoisotopic (exact) mass is 344 g/mol. The Balaban J connectivity index is 1.91. The summed E-state index contributed by atoms with van der Waals surface area (Å²) in [5.74, 6) is 0.287. The van der Waals surface area contributed by atoms with E-state index in [1.807, 2.05) is 6.92 Å². The maximum absolute atomic E-state index is 12.7. The van der Waals surface area contributed by atoms with E-state index >= 15 is 0 Å². The number of hydrogen-bond acceptors (Lipinski definition) is 4. The van der Waals surface area contributed by atoms with Crippen molar-refractivity contribution in [2.75, 3.05) is 7.11 Å². The molecule has 2 saturated carbocycles. The van der Waals surface area contributed by atoms with E-state index in [1.54, 1.807) is 6.07 Å². The first-order chi connectivity index (χ1) is 11.8. The standard InChI is InChI=1S/C21H28O4/c1-14-6-7-18-20(2,9-5-10-21(18,3)19(23)24-4)16(14)12-17(22)15-8-11-25-13-15/h8,11,13,16,18H,1,5-7,9-10,12H2,2-4H3. The van der Waals surface area contributed by atoms with E-state index in [4.69, 9.17) is 9.15 Å². The number of carbonyl (C=O) groups excluding carboxylic acids is 2. The Morgan fingerprint density at radius 3 is 2.76 bits per heavy atom. The molecule has 2 aliphatic carbocycles. The lowest BCUT2D eigenvalue weighted by molar-refractivity contribution is -0.167. The van der Waals surface area contributed by atoms with Crippen LogP contribution in [0.25, 0.3) is 0 Å². The van der Waals surface area contributed by atoms with Gasteiger partial charge in [-0.3, -0.25) is 9.59 Å². The minimum absolute atomic E-state index is 0.0899. The van der Waals surface area contributed by atoms with Crippen LogP contribution in [0.2, 0.25) is 0 Å². The number of methoxy groups -OCH3 is 1. The van der Waals surface area contributed by atoms with E-state index in [0.29, 0.717) is 12.0 Å². The van der Waals surface area contributed by atoms with Crippen LogP contribution in [0, 0.1) is 22.7 Å². The van der Waals surface area contributed by atoms with Crippen molar-refractivity contribution >= 4 is 11.8 Å². The van der Waals surface area contributed by atoms with Crippen LogP contribution in [0.15, 0.2) is 35.2 Å². The molecule has 4 heteroatoms. The second-order valence-corrected chi connectivity index (χ2v) is 8.21. The summed E-state index contributed by atoms with van der Waals surface area (Å²) in [4.78, 5) is 25.3. The van der Waals surface area contributed by atoms with Gasteiger partial charge in [0, 0.05) is 6.42 Å². The third-order valence-corrected chi connectivity index (χ3v) is 6.90. The Bertz CT molecular complexity index is 674. The Hall–Kier alpha value is -1.84. The van der Waals surface area contributed by atoms with E-state index in [0.717, 1.165) is 37.7 Å². The number of fused-ring (bicyclic) bond motifs is 1. The largest absolute Gasteiger partial charge is 0.472 e. The van der Waals surface area contributed by atoms with Gasteiger partial charge in [0.1, 0.15) is 6.26 Å². The van der Waals surface area contributed by atoms with Crippen LogP contribution >= 0.6 is 0 Å². The molecule has 3 rings (SSSR count). The zero-order valence-electron chi connectivity index (χ0n) is 15.5. The average molecular weight is 344 g/mol. The molecule has 2 aliphatic rings. The van der Waals surface area contributed by atoms with Crippen molar-refractivity contribution in [3.8, 4) is 0 Å². The molecule has 0 N–H and O–H groups in total. The number of Topliss-reactive ketones (excluding diaryl/α,β-unsaturated/α-hetero) is 1. The number of esters is 1. The minimum atomic E-state index is -0.473. The molecule has 0 spiro atoms. The fourth-order valence-corrected chi connectivity index (χ4v) is 5.53. The number of furan rings is 1. The predicted molar refractivity (Wildman–Crippen MR) is 95.1 cm³/mol. The van der Waals surface area contributed by atoms with Crippen LogP contribution < -0.4 is 0 Å². The molecule has 4 atom stereocenters. The maximum atomic E-state index is 12.7. The summed E-state index contributed by atoms with van der Waals surface area (Å²) >= 11 is 0. The van der Waals surface area contributed by atoms with Gasteiger partial charge < -0.3 is 9.15 Å². The molecule has 0 aliphatic heterocycles. The lowest BCUT2D eigenvalue weighted by atomic mass is 9.46. The molecule has 2 fully saturated rings. The van der Waals surface area contributed by atoms with Crippen molar-refractivity contribution in [2.45, 2.75) is 52.4 Å². The van der Waals surface area contributed by atoms with E-state index < -0.39 is 5.41 Å². The van der Waals surface area contributed by atoms with E-state index in [1.165, 1.54) is 19.6 Å². The molecular formula is C21H28O4. The van der Waals surface area contributed by atoms with Crippen molar-refractivity contribution in [2.24, 2.45) is 22.7 Å². The first-order valence-electron chi connectivity index (χ1n) is 9.14. The van der Waals surface area contributed by atoms with Gasteiger partial charge in [0.05, 0.1) is 24.4 Å². The van der Waals surface area contributed by atoms with Gasteiger partial charge >= 0.3 is 5.97 Å². The van der Waals surface area contributed by atoms with Gasteiger partial charge in [0.25, 0.3) is 0 Å². The fraction of sp³-hybridized carbons (Fsp3) is 0.619. The summed E-state index contributed by atoms with van der Waals surface area (Å²) in [5.41, 5.74) is 1.18. The molecule has 1 aromatic rings. The highest BCUT2D eigenvalue weighted by Crippen LogP contribution is 2.62. The Morgan fingerprint density at radius 1 is 1.36 bits per heavy atom. The molecule has 1 heterocycles. The summed E-state index contributed by atoms with van der Waals surface area (Å²) in [5, 5.41) is 0. The van der Waals surface area contributed by atoms with Crippen molar-refractivity contribution in [1.82, 2.24) is 0 Å². The van der Waals surface area contributed by atoms with E-state index in [2.05, 4.69) is 13.5 Å². The number of rotatable bonds is 4. The van der Waals surface area contributed by atoms with Crippen molar-refractivity contribution < 1.29 is 18.7 Å². The van der Waals surface area contributed by atoms with Crippen LogP contribution in [0.1, 0.15) is 62.7 Å². The van der Waals surface area contributed by atoms with Crippen LogP contribution in [-0.2, 0) is 9.53 Å². The highest BCUT2D eigenvalue weighted by atomic mass is 16.5. The highest BCUT2D eigenvalue weighted by molar-refractivity contribution is 5.96. The summed E-state index contributed by atoms with van der Waals surface area (Å²) in [6.45, 7) is 8.58. The number of allylic oxidation sites excluding steroid dienone is 1. The molecule has 136 valence electrons. The van der Waals surface area contributed by atoms with Gasteiger partial charge in [0.15, 0.2) is 5.78 Å². The third kappa shape index (κ3) is 2.86. The molecule has 0 amide bonds. The molecule has 25 heavy (non-hydrogen) atoms. The molecule has 0 aromatic carbocycles. The molecule has 4 unspecified atom stereocenters. The SMILES string of the molecule is C=C1CCC2C(C)(C(=O)OC)CCCC2(C)C1CC(=O)c1ccoc1. The minimum Gasteiger partial charge on any atom is -0.472 e. The first-order valence-corrected chi connectivity index (χ1v) is 9.14. The lowest BCUT2D eigenvalue weighted by Crippen LogP contribution is -2.54. The van der Waals surface area contributed by atoms with Gasteiger partial charge in [-0.25, -0.2) is 0 Å². The topological polar surface area (TPSA) is 56.5 Å². The van der Waals surface area contributed by atoms with Gasteiger partial charge in [-0.2, -0.15) is 0 Å². The summed E-state index contributed by atoms with van der Waals surface area (Å²) in [7, 11) is 1.47. The van der Waals surface area contributed by atoms with Gasteiger partial charge in [-0.05, 0) is 55.9 Å². The average Bonchev–Trinajstić information content (AvgIpc) is 3.11. The van der Waals surface area contributed by atoms with Crippen LogP contribution in [0.4, 0.5) is 0 Å². The lowest BCUT2D eigenvalue weighted by Gasteiger charge is -2.57. The third-order valence-electron chi connectivity index (χ3n) is 6.90. The molecule has 0 radical (unpaired) electrons. The normalized spacial score (nSPS) is 35.1. The van der Waals surface area contributed by atoms with Crippen LogP contribution in [0.5, 0.6) is 0 Å². The number of hydrogen-bond donors (Lipinski definition) is 0. The molecular weight excluding hydrogens is 316 g/mol. The van der Waals surface area contributed by atoms with Gasteiger partial charge in [-0.1, -0.05) is 25.5 Å². The van der Waals surface area contributed by atoms with Crippen LogP contribution in [-0.4, -0.2) is 18.9 Å². The zero-order valence-corrected chi connectivity index (χ0v) is 15.5. The smallest absolute Gasteiger partial charge is 0.311 e. The molecule has 0 bridgehead atoms. The molecule has 0 saturated heterocycles. The molecule has 1 aromatic heterocycles. The highest BCUT2D eigenvalue weighted by Gasteiger charge is 2.58. The quantitative estimate of drug-likeness (QED) is 0.447. The second-order valence-electron chi connectivity index (χ2n) is 8.21. The van der Waals surface area contributed by atoms with E-state index in [-0.39, 0.29) is 29.0 Å². The summed E-state index contributed by atoms with van der Waals surface area (Å²) in [6.07, 6.45) is 8.13. The van der Waals surface area contributed by atoms with Gasteiger partial charge in [0.2, 0.25) is 0 Å². The Kier molecular flexibility index (Phi) is 4.65. The predicted octanol–water partition coefficient (Wildman–Crippen LogP) is 4.80. The number of ketones is 1. The van der Waals surface area contributed by atoms with Crippen LogP contribution in [0.3, 0.4) is 0 Å². The molecule has 4 nitrogen and oxygen atoms in total. The summed E-state index contributed by atoms with van der Waals surface area (Å²) in [6, 6.07) is 1.72. The van der Waals surface area contributed by atoms with Crippen molar-refractivity contribution in [3.05, 3.63) is 36.3 Å². The van der Waals surface area contributed by atoms with Crippen molar-refractivity contribution in [3.63, 3.8) is 0 Å². The number of ether oxygens (including phenoxy) is 1. The van der Waals surface area contributed by atoms with Gasteiger partial charge in [-0.15, -0.1) is 0 Å².